The average molecular weight is 412 g/mol. The zero-order valence-electron chi connectivity index (χ0n) is 17.2. The minimum atomic E-state index is -1.03. The van der Waals surface area contributed by atoms with E-state index in [4.69, 9.17) is 9.72 Å². The highest BCUT2D eigenvalue weighted by Gasteiger charge is 2.19. The Labute approximate surface area is 173 Å². The van der Waals surface area contributed by atoms with Gasteiger partial charge in [-0.25, -0.2) is 18.6 Å². The molecular formula is C23H22F2N2O3. The van der Waals surface area contributed by atoms with Crippen LogP contribution >= 0.6 is 0 Å². The van der Waals surface area contributed by atoms with Crippen molar-refractivity contribution in [1.82, 2.24) is 9.97 Å². The van der Waals surface area contributed by atoms with Crippen LogP contribution in [0.5, 0.6) is 5.75 Å². The second kappa shape index (κ2) is 8.57. The lowest BCUT2D eigenvalue weighted by atomic mass is 9.99. The van der Waals surface area contributed by atoms with Crippen molar-refractivity contribution in [1.29, 1.82) is 0 Å². The van der Waals surface area contributed by atoms with E-state index in [1.807, 2.05) is 0 Å². The summed E-state index contributed by atoms with van der Waals surface area (Å²) in [5.41, 5.74) is 3.01. The van der Waals surface area contributed by atoms with E-state index in [0.717, 1.165) is 17.8 Å². The topological polar surface area (TPSA) is 72.3 Å². The molecule has 1 N–H and O–H groups in total. The van der Waals surface area contributed by atoms with Gasteiger partial charge in [-0.1, -0.05) is 19.9 Å². The Morgan fingerprint density at radius 1 is 1.10 bits per heavy atom. The summed E-state index contributed by atoms with van der Waals surface area (Å²) in [5, 5.41) is 9.29. The van der Waals surface area contributed by atoms with Crippen molar-refractivity contribution in [3.8, 4) is 28.3 Å². The Bertz CT molecular complexity index is 1090. The predicted molar refractivity (Wildman–Crippen MR) is 110 cm³/mol. The van der Waals surface area contributed by atoms with E-state index < -0.39 is 23.4 Å². The summed E-state index contributed by atoms with van der Waals surface area (Å²) in [5.74, 6) is -2.85. The van der Waals surface area contributed by atoms with Crippen LogP contribution in [0, 0.1) is 24.5 Å². The number of benzene rings is 2. The largest absolute Gasteiger partial charge is 0.491 e. The molecule has 0 saturated carbocycles. The van der Waals surface area contributed by atoms with Crippen LogP contribution in [0.4, 0.5) is 8.78 Å². The van der Waals surface area contributed by atoms with Gasteiger partial charge < -0.3 is 9.84 Å². The Balaban J connectivity index is 2.22. The summed E-state index contributed by atoms with van der Waals surface area (Å²) in [6.07, 6.45) is 2.27. The van der Waals surface area contributed by atoms with Crippen LogP contribution in [0.1, 0.15) is 35.5 Å². The summed E-state index contributed by atoms with van der Waals surface area (Å²) in [7, 11) is 1.19. The molecule has 0 spiro atoms. The van der Waals surface area contributed by atoms with Gasteiger partial charge in [0, 0.05) is 17.3 Å². The number of nitrogens with zero attached hydrogens (tertiary/aromatic N) is 2. The van der Waals surface area contributed by atoms with Gasteiger partial charge in [-0.15, -0.1) is 0 Å². The first kappa shape index (κ1) is 21.4. The van der Waals surface area contributed by atoms with E-state index in [2.05, 4.69) is 18.8 Å². The van der Waals surface area contributed by atoms with Crippen LogP contribution in [0.3, 0.4) is 0 Å². The number of rotatable bonds is 6. The maximum absolute atomic E-state index is 14.3. The Morgan fingerprint density at radius 3 is 2.30 bits per heavy atom. The monoisotopic (exact) mass is 412 g/mol. The molecular weight excluding hydrogens is 390 g/mol. The van der Waals surface area contributed by atoms with Crippen LogP contribution in [-0.2, 0) is 6.42 Å². The van der Waals surface area contributed by atoms with Crippen LogP contribution in [0.25, 0.3) is 22.5 Å². The van der Waals surface area contributed by atoms with Gasteiger partial charge in [0.15, 0.2) is 17.4 Å². The van der Waals surface area contributed by atoms with Crippen molar-refractivity contribution in [2.45, 2.75) is 27.2 Å². The first-order chi connectivity index (χ1) is 14.2. The summed E-state index contributed by atoms with van der Waals surface area (Å²) < 4.78 is 33.4. The number of carboxylic acid groups (broad SMARTS) is 1. The second-order valence-corrected chi connectivity index (χ2v) is 7.46. The smallest absolute Gasteiger partial charge is 0.335 e. The zero-order valence-corrected chi connectivity index (χ0v) is 17.2. The minimum absolute atomic E-state index is 0.174. The third-order valence-corrected chi connectivity index (χ3v) is 4.65. The fraction of sp³-hybridized carbons (Fsp3) is 0.261. The van der Waals surface area contributed by atoms with Crippen LogP contribution < -0.4 is 4.74 Å². The Kier molecular flexibility index (Phi) is 6.10. The molecule has 3 rings (SSSR count). The molecule has 2 aromatic carbocycles. The van der Waals surface area contributed by atoms with Crippen molar-refractivity contribution >= 4 is 5.97 Å². The van der Waals surface area contributed by atoms with E-state index in [1.54, 1.807) is 25.3 Å². The van der Waals surface area contributed by atoms with Crippen molar-refractivity contribution in [3.05, 3.63) is 65.0 Å². The number of aryl methyl sites for hydroxylation is 1. The van der Waals surface area contributed by atoms with Crippen molar-refractivity contribution in [2.75, 3.05) is 7.11 Å². The number of methoxy groups -OCH3 is 1. The first-order valence-electron chi connectivity index (χ1n) is 9.44. The van der Waals surface area contributed by atoms with Gasteiger partial charge in [0.25, 0.3) is 0 Å². The highest BCUT2D eigenvalue weighted by Crippen LogP contribution is 2.34. The van der Waals surface area contributed by atoms with Gasteiger partial charge in [-0.2, -0.15) is 0 Å². The molecule has 0 unspecified atom stereocenters. The van der Waals surface area contributed by atoms with E-state index in [0.29, 0.717) is 34.9 Å². The third-order valence-electron chi connectivity index (χ3n) is 4.65. The molecule has 0 bridgehead atoms. The quantitative estimate of drug-likeness (QED) is 0.595. The molecule has 0 radical (unpaired) electrons. The van der Waals surface area contributed by atoms with Crippen molar-refractivity contribution in [3.63, 3.8) is 0 Å². The number of carboxylic acids is 1. The number of halogens is 2. The van der Waals surface area contributed by atoms with Gasteiger partial charge >= 0.3 is 5.97 Å². The molecule has 1 aromatic heterocycles. The first-order valence-corrected chi connectivity index (χ1v) is 9.44. The molecule has 0 fully saturated rings. The van der Waals surface area contributed by atoms with Crippen LogP contribution in [0.2, 0.25) is 0 Å². The lowest BCUT2D eigenvalue weighted by Gasteiger charge is -2.14. The van der Waals surface area contributed by atoms with E-state index >= 15 is 0 Å². The second-order valence-electron chi connectivity index (χ2n) is 7.46. The van der Waals surface area contributed by atoms with Crippen molar-refractivity contribution in [2.24, 2.45) is 5.92 Å². The lowest BCUT2D eigenvalue weighted by Crippen LogP contribution is -2.04. The Hall–Kier alpha value is -3.35. The minimum Gasteiger partial charge on any atom is -0.491 e. The van der Waals surface area contributed by atoms with Gasteiger partial charge in [0.05, 0.1) is 29.8 Å². The molecule has 0 saturated heterocycles. The lowest BCUT2D eigenvalue weighted by molar-refractivity contribution is 0.0696. The van der Waals surface area contributed by atoms with Crippen molar-refractivity contribution < 1.29 is 23.4 Å². The molecule has 0 aliphatic heterocycles. The van der Waals surface area contributed by atoms with E-state index in [1.165, 1.54) is 13.2 Å². The molecule has 30 heavy (non-hydrogen) atoms. The van der Waals surface area contributed by atoms with Gasteiger partial charge in [-0.05, 0) is 49.1 Å². The summed E-state index contributed by atoms with van der Waals surface area (Å²) in [6.45, 7) is 5.79. The fourth-order valence-electron chi connectivity index (χ4n) is 3.30. The molecule has 7 heteroatoms. The number of aromatic carboxylic acids is 1. The average Bonchev–Trinajstić information content (AvgIpc) is 2.66. The summed E-state index contributed by atoms with van der Waals surface area (Å²) >= 11 is 0. The maximum atomic E-state index is 14.3. The Morgan fingerprint density at radius 2 is 1.77 bits per heavy atom. The van der Waals surface area contributed by atoms with E-state index in [9.17, 15) is 18.7 Å². The molecule has 0 aliphatic carbocycles. The highest BCUT2D eigenvalue weighted by atomic mass is 19.1. The molecule has 0 aliphatic rings. The van der Waals surface area contributed by atoms with Crippen LogP contribution in [-0.4, -0.2) is 28.2 Å². The fourth-order valence-corrected chi connectivity index (χ4v) is 3.30. The molecule has 0 amide bonds. The molecule has 3 aromatic rings. The maximum Gasteiger partial charge on any atom is 0.335 e. The van der Waals surface area contributed by atoms with Gasteiger partial charge in [0.1, 0.15) is 0 Å². The van der Waals surface area contributed by atoms with E-state index in [-0.39, 0.29) is 11.1 Å². The van der Waals surface area contributed by atoms with Gasteiger partial charge in [0.2, 0.25) is 0 Å². The normalized spacial score (nSPS) is 11.0. The van der Waals surface area contributed by atoms with Gasteiger partial charge in [-0.3, -0.25) is 4.98 Å². The third kappa shape index (κ3) is 4.30. The molecule has 0 atom stereocenters. The highest BCUT2D eigenvalue weighted by molar-refractivity contribution is 5.90. The molecule has 5 nitrogen and oxygen atoms in total. The summed E-state index contributed by atoms with van der Waals surface area (Å²) in [6, 6.07) is 7.10. The number of ether oxygens (including phenoxy) is 1. The zero-order chi connectivity index (χ0) is 22.0. The standard InChI is InChI=1S/C23H22F2N2O3/c1-12(2)7-16-11-26-20(15-9-18(24)22(30-4)19(25)10-15)21(27-16)14-5-6-17(23(28)29)13(3)8-14/h5-6,8-12H,7H2,1-4H3,(H,28,29). The van der Waals surface area contributed by atoms with Crippen LogP contribution in [0.15, 0.2) is 36.5 Å². The molecule has 1 heterocycles. The number of carbonyl (C=O) groups is 1. The number of aromatic nitrogens is 2. The SMILES string of the molecule is COc1c(F)cc(-c2ncc(CC(C)C)nc2-c2ccc(C(=O)O)c(C)c2)cc1F. The number of hydrogen-bond donors (Lipinski definition) is 1. The number of hydrogen-bond acceptors (Lipinski definition) is 4. The summed E-state index contributed by atoms with van der Waals surface area (Å²) in [4.78, 5) is 20.5. The molecule has 156 valence electrons. The predicted octanol–water partition coefficient (Wildman–Crippen LogP) is 5.30.